The molecule has 0 aliphatic heterocycles. The second-order valence-corrected chi connectivity index (χ2v) is 6.78. The number of carbonyl (C=O) groups excluding carboxylic acids is 3. The van der Waals surface area contributed by atoms with Crippen LogP contribution in [0.5, 0.6) is 0 Å². The third-order valence-corrected chi connectivity index (χ3v) is 5.41. The minimum Gasteiger partial charge on any atom is -0.545 e. The highest BCUT2D eigenvalue weighted by molar-refractivity contribution is 6.24. The van der Waals surface area contributed by atoms with Crippen LogP contribution in [0, 0.1) is 6.92 Å². The van der Waals surface area contributed by atoms with E-state index in [0.29, 0.717) is 34.6 Å². The van der Waals surface area contributed by atoms with Gasteiger partial charge in [-0.3, -0.25) is 4.79 Å². The topological polar surface area (TPSA) is 91.7 Å². The van der Waals surface area contributed by atoms with E-state index in [2.05, 4.69) is 4.90 Å². The Bertz CT molecular complexity index is 970. The van der Waals surface area contributed by atoms with Gasteiger partial charge in [0, 0.05) is 36.0 Å². The molecule has 0 fully saturated rings. The number of ketones is 1. The lowest BCUT2D eigenvalue weighted by atomic mass is 10.00. The molecule has 28 heavy (non-hydrogen) atoms. The number of carboxylic acids is 1. The zero-order valence-electron chi connectivity index (χ0n) is 16.5. The highest BCUT2D eigenvalue weighted by Crippen LogP contribution is 2.41. The van der Waals surface area contributed by atoms with Gasteiger partial charge >= 0.3 is 5.97 Å². The van der Waals surface area contributed by atoms with Crippen LogP contribution in [0.4, 0.5) is 0 Å². The molecule has 1 aromatic carbocycles. The summed E-state index contributed by atoms with van der Waals surface area (Å²) in [5, 5.41) is 11.7. The number of hydrogen-bond donors (Lipinski definition) is 0. The molecular weight excluding hydrogens is 360 g/mol. The number of esters is 1. The standard InChI is InChI=1S/C21H24N2O5/c1-5-23(6-2)9-10-28-21(27)13-7-8-14-15(11-13)17-16(20(25)26)12(3)22(4)18(17)19(14)24/h7-8,11H,5-6,9-10H2,1-4H3,(H,25,26)/p-1. The van der Waals surface area contributed by atoms with Crippen LogP contribution in [0.2, 0.25) is 0 Å². The summed E-state index contributed by atoms with van der Waals surface area (Å²) in [4.78, 5) is 39.0. The smallest absolute Gasteiger partial charge is 0.338 e. The summed E-state index contributed by atoms with van der Waals surface area (Å²) < 4.78 is 6.90. The van der Waals surface area contributed by atoms with Gasteiger partial charge in [-0.2, -0.15) is 0 Å². The Kier molecular flexibility index (Phi) is 5.38. The van der Waals surface area contributed by atoms with E-state index in [1.165, 1.54) is 12.1 Å². The fraction of sp³-hybridized carbons (Fsp3) is 0.381. The molecule has 0 saturated heterocycles. The Morgan fingerprint density at radius 1 is 1.18 bits per heavy atom. The zero-order chi connectivity index (χ0) is 20.6. The summed E-state index contributed by atoms with van der Waals surface area (Å²) in [6, 6.07) is 4.62. The molecule has 7 heteroatoms. The quantitative estimate of drug-likeness (QED) is 0.573. The number of carbonyl (C=O) groups is 3. The Balaban J connectivity index is 1.93. The lowest BCUT2D eigenvalue weighted by molar-refractivity contribution is -0.255. The fourth-order valence-electron chi connectivity index (χ4n) is 3.67. The van der Waals surface area contributed by atoms with E-state index in [-0.39, 0.29) is 23.5 Å². The number of aromatic nitrogens is 1. The normalized spacial score (nSPS) is 12.2. The number of fused-ring (bicyclic) bond motifs is 3. The average Bonchev–Trinajstić information content (AvgIpc) is 3.11. The number of aromatic carboxylic acids is 1. The van der Waals surface area contributed by atoms with Crippen LogP contribution in [0.1, 0.15) is 56.3 Å². The largest absolute Gasteiger partial charge is 0.545 e. The van der Waals surface area contributed by atoms with Gasteiger partial charge in [0.1, 0.15) is 6.61 Å². The molecule has 0 amide bonds. The molecule has 1 aromatic heterocycles. The summed E-state index contributed by atoms with van der Waals surface area (Å²) in [6.45, 7) is 8.35. The molecule has 0 saturated carbocycles. The lowest BCUT2D eigenvalue weighted by Gasteiger charge is -2.17. The predicted octanol–water partition coefficient (Wildman–Crippen LogP) is 1.41. The molecule has 1 aliphatic carbocycles. The number of hydrogen-bond acceptors (Lipinski definition) is 6. The highest BCUT2D eigenvalue weighted by atomic mass is 16.5. The van der Waals surface area contributed by atoms with E-state index >= 15 is 0 Å². The maximum Gasteiger partial charge on any atom is 0.338 e. The monoisotopic (exact) mass is 383 g/mol. The molecule has 0 atom stereocenters. The molecule has 0 N–H and O–H groups in total. The molecule has 2 aromatic rings. The van der Waals surface area contributed by atoms with Crippen molar-refractivity contribution in [2.24, 2.45) is 7.05 Å². The summed E-state index contributed by atoms with van der Waals surface area (Å²) in [6.07, 6.45) is 0. The van der Waals surface area contributed by atoms with Gasteiger partial charge in [-0.05, 0) is 43.8 Å². The van der Waals surface area contributed by atoms with Crippen molar-refractivity contribution in [1.82, 2.24) is 9.47 Å². The van der Waals surface area contributed by atoms with E-state index in [0.717, 1.165) is 13.1 Å². The maximum atomic E-state index is 12.7. The molecular formula is C21H23N2O5-. The van der Waals surface area contributed by atoms with E-state index < -0.39 is 11.9 Å². The molecule has 1 heterocycles. The second-order valence-electron chi connectivity index (χ2n) is 6.78. The van der Waals surface area contributed by atoms with Crippen LogP contribution >= 0.6 is 0 Å². The van der Waals surface area contributed by atoms with Gasteiger partial charge in [0.05, 0.1) is 17.2 Å². The highest BCUT2D eigenvalue weighted by Gasteiger charge is 2.35. The Morgan fingerprint density at radius 2 is 1.86 bits per heavy atom. The summed E-state index contributed by atoms with van der Waals surface area (Å²) >= 11 is 0. The molecule has 0 radical (unpaired) electrons. The van der Waals surface area contributed by atoms with Crippen molar-refractivity contribution in [3.05, 3.63) is 46.3 Å². The van der Waals surface area contributed by atoms with Gasteiger partial charge in [0.2, 0.25) is 5.78 Å². The lowest BCUT2D eigenvalue weighted by Crippen LogP contribution is -2.27. The molecule has 0 unspecified atom stereocenters. The Labute approximate surface area is 163 Å². The van der Waals surface area contributed by atoms with E-state index in [4.69, 9.17) is 4.74 Å². The maximum absolute atomic E-state index is 12.7. The van der Waals surface area contributed by atoms with Crippen molar-refractivity contribution in [3.63, 3.8) is 0 Å². The fourth-order valence-corrected chi connectivity index (χ4v) is 3.67. The number of nitrogens with zero attached hydrogens (tertiary/aromatic N) is 2. The Morgan fingerprint density at radius 3 is 2.46 bits per heavy atom. The van der Waals surface area contributed by atoms with Crippen LogP contribution in [0.3, 0.4) is 0 Å². The second kappa shape index (κ2) is 7.59. The predicted molar refractivity (Wildman–Crippen MR) is 101 cm³/mol. The molecule has 7 nitrogen and oxygen atoms in total. The molecule has 0 spiro atoms. The molecule has 0 bridgehead atoms. The van der Waals surface area contributed by atoms with E-state index in [1.54, 1.807) is 24.6 Å². The van der Waals surface area contributed by atoms with Crippen molar-refractivity contribution < 1.29 is 24.2 Å². The van der Waals surface area contributed by atoms with Gasteiger partial charge in [0.25, 0.3) is 0 Å². The summed E-state index contributed by atoms with van der Waals surface area (Å²) in [5.41, 5.74) is 2.14. The first-order valence-corrected chi connectivity index (χ1v) is 9.30. The number of carboxylic acid groups (broad SMARTS) is 1. The van der Waals surface area contributed by atoms with Crippen molar-refractivity contribution in [1.29, 1.82) is 0 Å². The average molecular weight is 383 g/mol. The minimum atomic E-state index is -1.35. The SMILES string of the molecule is CCN(CC)CCOC(=O)c1ccc2c(c1)-c1c(C(=O)[O-])c(C)n(C)c1C2=O. The van der Waals surface area contributed by atoms with Crippen LogP contribution in [0.25, 0.3) is 11.1 Å². The summed E-state index contributed by atoms with van der Waals surface area (Å²) in [7, 11) is 1.65. The van der Waals surface area contributed by atoms with Gasteiger partial charge in [-0.1, -0.05) is 13.8 Å². The number of benzene rings is 1. The number of ether oxygens (including phenoxy) is 1. The first-order valence-electron chi connectivity index (χ1n) is 9.30. The van der Waals surface area contributed by atoms with Crippen molar-refractivity contribution >= 4 is 17.7 Å². The third-order valence-electron chi connectivity index (χ3n) is 5.41. The molecule has 3 rings (SSSR count). The zero-order valence-corrected chi connectivity index (χ0v) is 16.5. The molecule has 148 valence electrons. The third kappa shape index (κ3) is 3.11. The van der Waals surface area contributed by atoms with Crippen LogP contribution in [-0.4, -0.2) is 53.4 Å². The van der Waals surface area contributed by atoms with Crippen molar-refractivity contribution in [2.75, 3.05) is 26.2 Å². The van der Waals surface area contributed by atoms with Crippen LogP contribution in [0.15, 0.2) is 18.2 Å². The van der Waals surface area contributed by atoms with Crippen LogP contribution < -0.4 is 5.11 Å². The van der Waals surface area contributed by atoms with Crippen molar-refractivity contribution in [2.45, 2.75) is 20.8 Å². The van der Waals surface area contributed by atoms with E-state index in [9.17, 15) is 19.5 Å². The first kappa shape index (κ1) is 19.8. The molecule has 1 aliphatic rings. The van der Waals surface area contributed by atoms with E-state index in [1.807, 2.05) is 13.8 Å². The van der Waals surface area contributed by atoms with Gasteiger partial charge in [-0.15, -0.1) is 0 Å². The Hall–Kier alpha value is -2.93. The van der Waals surface area contributed by atoms with Gasteiger partial charge in [-0.25, -0.2) is 4.79 Å². The summed E-state index contributed by atoms with van der Waals surface area (Å²) in [5.74, 6) is -2.11. The van der Waals surface area contributed by atoms with Crippen LogP contribution in [-0.2, 0) is 11.8 Å². The minimum absolute atomic E-state index is 0.0170. The number of likely N-dealkylation sites (N-methyl/N-ethyl adjacent to an activating group) is 1. The van der Waals surface area contributed by atoms with Gasteiger partial charge < -0.3 is 24.1 Å². The van der Waals surface area contributed by atoms with Gasteiger partial charge in [0.15, 0.2) is 0 Å². The number of rotatable bonds is 7. The van der Waals surface area contributed by atoms with Crippen molar-refractivity contribution in [3.8, 4) is 11.1 Å². The first-order chi connectivity index (χ1) is 13.3.